The van der Waals surface area contributed by atoms with Gasteiger partial charge >= 0.3 is 0 Å². The monoisotopic (exact) mass is 292 g/mol. The minimum absolute atomic E-state index is 0.0858. The summed E-state index contributed by atoms with van der Waals surface area (Å²) in [7, 11) is 0. The molecule has 21 heavy (non-hydrogen) atoms. The Balaban J connectivity index is 1.87. The average Bonchev–Trinajstić information content (AvgIpc) is 2.75. The highest BCUT2D eigenvalue weighted by molar-refractivity contribution is 6.05. The topological polar surface area (TPSA) is 66.5 Å². The molecule has 5 heteroatoms. The molecular formula is C16H24N2O3. The number of amides is 3. The summed E-state index contributed by atoms with van der Waals surface area (Å²) < 4.78 is 0. The van der Waals surface area contributed by atoms with Gasteiger partial charge < -0.3 is 5.32 Å². The van der Waals surface area contributed by atoms with Crippen molar-refractivity contribution in [2.24, 2.45) is 11.8 Å². The second-order valence-electron chi connectivity index (χ2n) is 5.81. The number of likely N-dealkylation sites (tertiary alicyclic amines) is 1. The molecule has 0 radical (unpaired) electrons. The Kier molecular flexibility index (Phi) is 5.15. The molecule has 1 fully saturated rings. The summed E-state index contributed by atoms with van der Waals surface area (Å²) in [6.07, 6.45) is 7.20. The minimum atomic E-state index is -0.204. The summed E-state index contributed by atoms with van der Waals surface area (Å²) in [6, 6.07) is 0.175. The molecule has 1 heterocycles. The summed E-state index contributed by atoms with van der Waals surface area (Å²) in [6.45, 7) is 4.26. The van der Waals surface area contributed by atoms with Gasteiger partial charge in [0.15, 0.2) is 0 Å². The van der Waals surface area contributed by atoms with E-state index in [1.54, 1.807) is 0 Å². The van der Waals surface area contributed by atoms with Crippen molar-refractivity contribution >= 4 is 17.7 Å². The number of carbonyl (C=O) groups excluding carboxylic acids is 3. The standard InChI is InChI=1S/C16H24N2O3/c1-3-11(4-2)17-14(19)9-10-18-15(20)12-7-5-6-8-13(12)16(18)21/h5-6,11-13H,3-4,7-10H2,1-2H3,(H,17,19)/t12-,13-/m0/s1. The van der Waals surface area contributed by atoms with Crippen molar-refractivity contribution in [1.82, 2.24) is 10.2 Å². The van der Waals surface area contributed by atoms with Crippen molar-refractivity contribution in [3.63, 3.8) is 0 Å². The van der Waals surface area contributed by atoms with Crippen LogP contribution in [0.25, 0.3) is 0 Å². The lowest BCUT2D eigenvalue weighted by Crippen LogP contribution is -2.38. The number of hydrogen-bond acceptors (Lipinski definition) is 3. The number of hydrogen-bond donors (Lipinski definition) is 1. The molecule has 0 aromatic carbocycles. The molecule has 0 aromatic rings. The summed E-state index contributed by atoms with van der Waals surface area (Å²) in [4.78, 5) is 37.6. The summed E-state index contributed by atoms with van der Waals surface area (Å²) in [5.74, 6) is -0.708. The number of nitrogens with one attached hydrogen (secondary N) is 1. The van der Waals surface area contributed by atoms with Crippen LogP contribution in [-0.4, -0.2) is 35.2 Å². The predicted octanol–water partition coefficient (Wildman–Crippen LogP) is 1.63. The van der Waals surface area contributed by atoms with E-state index in [-0.39, 0.29) is 48.6 Å². The summed E-state index contributed by atoms with van der Waals surface area (Å²) >= 11 is 0. The molecule has 1 saturated heterocycles. The van der Waals surface area contributed by atoms with Gasteiger partial charge in [-0.2, -0.15) is 0 Å². The van der Waals surface area contributed by atoms with Crippen LogP contribution < -0.4 is 5.32 Å². The lowest BCUT2D eigenvalue weighted by molar-refractivity contribution is -0.140. The van der Waals surface area contributed by atoms with Crippen molar-refractivity contribution in [1.29, 1.82) is 0 Å². The van der Waals surface area contributed by atoms with Gasteiger partial charge in [-0.15, -0.1) is 0 Å². The van der Waals surface area contributed by atoms with Gasteiger partial charge in [-0.05, 0) is 25.7 Å². The van der Waals surface area contributed by atoms with Crippen molar-refractivity contribution in [2.75, 3.05) is 6.54 Å². The lowest BCUT2D eigenvalue weighted by Gasteiger charge is -2.17. The Morgan fingerprint density at radius 2 is 1.71 bits per heavy atom. The fraction of sp³-hybridized carbons (Fsp3) is 0.688. The molecule has 3 amide bonds. The summed E-state index contributed by atoms with van der Waals surface area (Å²) in [5.41, 5.74) is 0. The SMILES string of the molecule is CCC(CC)NC(=O)CCN1C(=O)[C@H]2CC=CC[C@@H]2C1=O. The molecule has 2 rings (SSSR count). The molecular weight excluding hydrogens is 268 g/mol. The van der Waals surface area contributed by atoms with E-state index in [2.05, 4.69) is 5.32 Å². The molecule has 2 aliphatic rings. The van der Waals surface area contributed by atoms with E-state index in [1.165, 1.54) is 4.90 Å². The van der Waals surface area contributed by atoms with Gasteiger partial charge in [0, 0.05) is 19.0 Å². The maximum absolute atomic E-state index is 12.2. The lowest BCUT2D eigenvalue weighted by atomic mass is 9.85. The van der Waals surface area contributed by atoms with Crippen LogP contribution in [0.3, 0.4) is 0 Å². The second-order valence-corrected chi connectivity index (χ2v) is 5.81. The Bertz CT molecular complexity index is 428. The van der Waals surface area contributed by atoms with Gasteiger partial charge in [0.1, 0.15) is 0 Å². The van der Waals surface area contributed by atoms with Gasteiger partial charge in [-0.1, -0.05) is 26.0 Å². The number of imide groups is 1. The van der Waals surface area contributed by atoms with Crippen LogP contribution in [-0.2, 0) is 14.4 Å². The van der Waals surface area contributed by atoms with E-state index >= 15 is 0 Å². The molecule has 0 bridgehead atoms. The predicted molar refractivity (Wildman–Crippen MR) is 79.2 cm³/mol. The summed E-state index contributed by atoms with van der Waals surface area (Å²) in [5, 5.41) is 2.93. The van der Waals surface area contributed by atoms with Crippen molar-refractivity contribution in [2.45, 2.75) is 52.0 Å². The normalized spacial score (nSPS) is 24.6. The fourth-order valence-electron chi connectivity index (χ4n) is 3.10. The third-order valence-corrected chi connectivity index (χ3v) is 4.51. The van der Waals surface area contributed by atoms with Crippen LogP contribution in [0.15, 0.2) is 12.2 Å². The van der Waals surface area contributed by atoms with E-state index in [0.717, 1.165) is 12.8 Å². The average molecular weight is 292 g/mol. The van der Waals surface area contributed by atoms with Crippen molar-refractivity contribution in [3.8, 4) is 0 Å². The van der Waals surface area contributed by atoms with E-state index in [1.807, 2.05) is 26.0 Å². The zero-order chi connectivity index (χ0) is 15.4. The molecule has 1 N–H and O–H groups in total. The highest BCUT2D eigenvalue weighted by Gasteiger charge is 2.46. The fourth-order valence-corrected chi connectivity index (χ4v) is 3.10. The van der Waals surface area contributed by atoms with Gasteiger partial charge in [0.05, 0.1) is 11.8 Å². The molecule has 0 saturated carbocycles. The molecule has 5 nitrogen and oxygen atoms in total. The smallest absolute Gasteiger partial charge is 0.233 e. The zero-order valence-electron chi connectivity index (χ0n) is 12.8. The maximum Gasteiger partial charge on any atom is 0.233 e. The van der Waals surface area contributed by atoms with E-state index in [0.29, 0.717) is 12.8 Å². The molecule has 1 aliphatic heterocycles. The maximum atomic E-state index is 12.2. The zero-order valence-corrected chi connectivity index (χ0v) is 12.8. The van der Waals surface area contributed by atoms with Crippen LogP contribution in [0.5, 0.6) is 0 Å². The highest BCUT2D eigenvalue weighted by atomic mass is 16.2. The number of allylic oxidation sites excluding steroid dienone is 2. The first kappa shape index (κ1) is 15.7. The quantitative estimate of drug-likeness (QED) is 0.598. The van der Waals surface area contributed by atoms with Crippen molar-refractivity contribution < 1.29 is 14.4 Å². The van der Waals surface area contributed by atoms with Gasteiger partial charge in [-0.3, -0.25) is 19.3 Å². The number of nitrogens with zero attached hydrogens (tertiary/aromatic N) is 1. The third kappa shape index (κ3) is 3.34. The van der Waals surface area contributed by atoms with Crippen LogP contribution in [0.1, 0.15) is 46.0 Å². The van der Waals surface area contributed by atoms with Crippen LogP contribution in [0.4, 0.5) is 0 Å². The van der Waals surface area contributed by atoms with E-state index in [4.69, 9.17) is 0 Å². The van der Waals surface area contributed by atoms with E-state index < -0.39 is 0 Å². The van der Waals surface area contributed by atoms with Crippen LogP contribution in [0.2, 0.25) is 0 Å². The van der Waals surface area contributed by atoms with Gasteiger partial charge in [0.2, 0.25) is 17.7 Å². The molecule has 0 aromatic heterocycles. The number of rotatable bonds is 6. The van der Waals surface area contributed by atoms with Crippen LogP contribution in [0, 0.1) is 11.8 Å². The molecule has 0 spiro atoms. The van der Waals surface area contributed by atoms with Gasteiger partial charge in [0.25, 0.3) is 0 Å². The Morgan fingerprint density at radius 1 is 1.19 bits per heavy atom. The third-order valence-electron chi connectivity index (χ3n) is 4.51. The van der Waals surface area contributed by atoms with Crippen molar-refractivity contribution in [3.05, 3.63) is 12.2 Å². The highest BCUT2D eigenvalue weighted by Crippen LogP contribution is 2.34. The molecule has 2 atom stereocenters. The van der Waals surface area contributed by atoms with E-state index in [9.17, 15) is 14.4 Å². The first-order chi connectivity index (χ1) is 10.1. The van der Waals surface area contributed by atoms with Gasteiger partial charge in [-0.25, -0.2) is 0 Å². The Hall–Kier alpha value is -1.65. The van der Waals surface area contributed by atoms with Crippen LogP contribution >= 0.6 is 0 Å². The molecule has 116 valence electrons. The first-order valence-electron chi connectivity index (χ1n) is 7.88. The molecule has 0 unspecified atom stereocenters. The number of carbonyl (C=O) groups is 3. The molecule has 1 aliphatic carbocycles. The minimum Gasteiger partial charge on any atom is -0.353 e. The first-order valence-corrected chi connectivity index (χ1v) is 7.88. The second kappa shape index (κ2) is 6.87. The largest absolute Gasteiger partial charge is 0.353 e. The Labute approximate surface area is 125 Å². The number of fused-ring (bicyclic) bond motifs is 1. The Morgan fingerprint density at radius 3 is 2.19 bits per heavy atom.